The van der Waals surface area contributed by atoms with Crippen molar-refractivity contribution in [1.82, 2.24) is 0 Å². The largest absolute Gasteiger partial charge is 0.289 e. The molecule has 0 N–H and O–H groups in total. The van der Waals surface area contributed by atoms with E-state index in [1.165, 1.54) is 27.5 Å². The molecule has 2 heteroatoms. The van der Waals surface area contributed by atoms with Crippen LogP contribution in [0.1, 0.15) is 111 Å². The molecule has 0 heterocycles. The maximum absolute atomic E-state index is 13.4. The van der Waals surface area contributed by atoms with Gasteiger partial charge in [-0.3, -0.25) is 9.59 Å². The molecule has 36 heavy (non-hydrogen) atoms. The molecule has 5 rings (SSSR count). The number of rotatable bonds is 0. The number of hydrogen-bond donors (Lipinski definition) is 0. The first-order valence-electron chi connectivity index (χ1n) is 12.9. The van der Waals surface area contributed by atoms with Gasteiger partial charge in [-0.1, -0.05) is 92.6 Å². The zero-order chi connectivity index (χ0) is 26.4. The zero-order valence-electron chi connectivity index (χ0n) is 23.0. The van der Waals surface area contributed by atoms with E-state index in [2.05, 4.69) is 80.5 Å². The van der Waals surface area contributed by atoms with Gasteiger partial charge in [0, 0.05) is 22.3 Å². The van der Waals surface area contributed by atoms with Gasteiger partial charge in [0.2, 0.25) is 0 Å². The highest BCUT2D eigenvalue weighted by Crippen LogP contribution is 2.45. The first-order valence-corrected chi connectivity index (χ1v) is 12.9. The van der Waals surface area contributed by atoms with Crippen LogP contribution < -0.4 is 0 Å². The van der Waals surface area contributed by atoms with E-state index >= 15 is 0 Å². The average molecular weight is 477 g/mol. The first kappa shape index (κ1) is 24.4. The fourth-order valence-corrected chi connectivity index (χ4v) is 5.89. The lowest BCUT2D eigenvalue weighted by molar-refractivity contribution is 0.0979. The van der Waals surface area contributed by atoms with Gasteiger partial charge in [-0.25, -0.2) is 0 Å². The predicted octanol–water partition coefficient (Wildman–Crippen LogP) is 8.66. The fraction of sp³-hybridized carbons (Fsp3) is 0.353. The summed E-state index contributed by atoms with van der Waals surface area (Å²) < 4.78 is 0. The third kappa shape index (κ3) is 3.70. The third-order valence-electron chi connectivity index (χ3n) is 7.45. The lowest BCUT2D eigenvalue weighted by Crippen LogP contribution is -2.28. The Hall–Kier alpha value is -3.26. The van der Waals surface area contributed by atoms with Crippen LogP contribution in [0, 0.1) is 0 Å². The quantitative estimate of drug-likeness (QED) is 0.210. The Morgan fingerprint density at radius 2 is 0.944 bits per heavy atom. The standard InChI is InChI=1S/C34H36O2/c1-32(2,3)27-18-21-14-19-16-25-26(31(36)23-13-11-10-12-22(23)30(25)35)17-20(19)15-24(21)28(33(4,5)6)29(27)34(7,8)9/h10-18H,1-9H3. The zero-order valence-corrected chi connectivity index (χ0v) is 23.0. The first-order chi connectivity index (χ1) is 16.6. The lowest BCUT2D eigenvalue weighted by atomic mass is 9.67. The highest BCUT2D eigenvalue weighted by atomic mass is 16.1. The van der Waals surface area contributed by atoms with Crippen LogP contribution in [0.15, 0.2) is 54.6 Å². The molecular weight excluding hydrogens is 440 g/mol. The molecule has 0 aromatic heterocycles. The summed E-state index contributed by atoms with van der Waals surface area (Å²) in [6.07, 6.45) is 0. The van der Waals surface area contributed by atoms with Gasteiger partial charge in [-0.2, -0.15) is 0 Å². The Kier molecular flexibility index (Phi) is 5.17. The summed E-state index contributed by atoms with van der Waals surface area (Å²) in [6, 6.07) is 17.8. The van der Waals surface area contributed by atoms with E-state index in [9.17, 15) is 9.59 Å². The van der Waals surface area contributed by atoms with E-state index in [1.807, 2.05) is 24.3 Å². The van der Waals surface area contributed by atoms with Crippen LogP contribution in [0.4, 0.5) is 0 Å². The van der Waals surface area contributed by atoms with Crippen molar-refractivity contribution in [3.8, 4) is 0 Å². The average Bonchev–Trinajstić information content (AvgIpc) is 2.77. The summed E-state index contributed by atoms with van der Waals surface area (Å²) in [4.78, 5) is 26.7. The van der Waals surface area contributed by atoms with Crippen LogP contribution >= 0.6 is 0 Å². The highest BCUT2D eigenvalue weighted by Gasteiger charge is 2.34. The minimum Gasteiger partial charge on any atom is -0.289 e. The molecule has 0 unspecified atom stereocenters. The second kappa shape index (κ2) is 7.62. The summed E-state index contributed by atoms with van der Waals surface area (Å²) in [6.45, 7) is 20.6. The molecule has 4 aromatic rings. The summed E-state index contributed by atoms with van der Waals surface area (Å²) in [5, 5.41) is 4.39. The molecule has 0 bridgehead atoms. The van der Waals surface area contributed by atoms with Crippen molar-refractivity contribution in [3.63, 3.8) is 0 Å². The second-order valence-electron chi connectivity index (χ2n) is 13.4. The number of fused-ring (bicyclic) bond motifs is 4. The van der Waals surface area contributed by atoms with Gasteiger partial charge in [0.15, 0.2) is 11.6 Å². The van der Waals surface area contributed by atoms with Crippen LogP contribution in [-0.4, -0.2) is 11.6 Å². The fourth-order valence-electron chi connectivity index (χ4n) is 5.89. The molecule has 0 spiro atoms. The summed E-state index contributed by atoms with van der Waals surface area (Å²) >= 11 is 0. The van der Waals surface area contributed by atoms with Gasteiger partial charge in [-0.05, 0) is 78.7 Å². The van der Waals surface area contributed by atoms with E-state index in [0.717, 1.165) is 10.8 Å². The molecule has 0 saturated carbocycles. The molecule has 184 valence electrons. The van der Waals surface area contributed by atoms with Gasteiger partial charge in [0.05, 0.1) is 0 Å². The maximum Gasteiger partial charge on any atom is 0.194 e. The summed E-state index contributed by atoms with van der Waals surface area (Å²) in [5.41, 5.74) is 6.01. The normalized spacial score (nSPS) is 14.4. The lowest BCUT2D eigenvalue weighted by Gasteiger charge is -2.37. The Bertz CT molecular complexity index is 1600. The van der Waals surface area contributed by atoms with Gasteiger partial charge in [-0.15, -0.1) is 0 Å². The van der Waals surface area contributed by atoms with E-state index in [1.54, 1.807) is 12.1 Å². The molecule has 4 aromatic carbocycles. The van der Waals surface area contributed by atoms with Crippen molar-refractivity contribution in [2.75, 3.05) is 0 Å². The topological polar surface area (TPSA) is 34.1 Å². The number of carbonyl (C=O) groups excluding carboxylic acids is 2. The molecule has 0 fully saturated rings. The molecule has 0 saturated heterocycles. The minimum absolute atomic E-state index is 0.0201. The van der Waals surface area contributed by atoms with Crippen molar-refractivity contribution in [1.29, 1.82) is 0 Å². The van der Waals surface area contributed by atoms with Crippen LogP contribution in [0.2, 0.25) is 0 Å². The summed E-state index contributed by atoms with van der Waals surface area (Å²) in [5.74, 6) is -0.146. The Morgan fingerprint density at radius 1 is 0.472 bits per heavy atom. The van der Waals surface area contributed by atoms with Gasteiger partial charge in [0.1, 0.15) is 0 Å². The Morgan fingerprint density at radius 3 is 1.39 bits per heavy atom. The van der Waals surface area contributed by atoms with Crippen molar-refractivity contribution in [2.45, 2.75) is 78.6 Å². The van der Waals surface area contributed by atoms with E-state index in [-0.39, 0.29) is 27.8 Å². The monoisotopic (exact) mass is 476 g/mol. The SMILES string of the molecule is CC(C)(C)c1cc2cc3cc4c(cc3cc2c(C(C)(C)C)c1C(C)(C)C)C(=O)c1ccccc1C4=O. The van der Waals surface area contributed by atoms with Crippen molar-refractivity contribution >= 4 is 33.1 Å². The van der Waals surface area contributed by atoms with Gasteiger partial charge < -0.3 is 0 Å². The molecule has 0 amide bonds. The van der Waals surface area contributed by atoms with Gasteiger partial charge in [0.25, 0.3) is 0 Å². The number of hydrogen-bond acceptors (Lipinski definition) is 2. The smallest absolute Gasteiger partial charge is 0.194 e. The Balaban J connectivity index is 1.90. The highest BCUT2D eigenvalue weighted by molar-refractivity contribution is 6.29. The molecule has 2 nitrogen and oxygen atoms in total. The van der Waals surface area contributed by atoms with Crippen molar-refractivity contribution < 1.29 is 9.59 Å². The summed E-state index contributed by atoms with van der Waals surface area (Å²) in [7, 11) is 0. The van der Waals surface area contributed by atoms with Crippen LogP contribution in [-0.2, 0) is 16.2 Å². The van der Waals surface area contributed by atoms with Crippen LogP contribution in [0.5, 0.6) is 0 Å². The molecule has 1 aliphatic carbocycles. The molecule has 1 aliphatic rings. The maximum atomic E-state index is 13.4. The molecule has 0 aliphatic heterocycles. The van der Waals surface area contributed by atoms with E-state index in [0.29, 0.717) is 22.3 Å². The molecular formula is C34H36O2. The molecule has 0 radical (unpaired) electrons. The predicted molar refractivity (Wildman–Crippen MR) is 151 cm³/mol. The third-order valence-corrected chi connectivity index (χ3v) is 7.45. The van der Waals surface area contributed by atoms with Crippen LogP contribution in [0.25, 0.3) is 21.5 Å². The number of benzene rings is 4. The van der Waals surface area contributed by atoms with E-state index < -0.39 is 0 Å². The van der Waals surface area contributed by atoms with Gasteiger partial charge >= 0.3 is 0 Å². The number of carbonyl (C=O) groups is 2. The van der Waals surface area contributed by atoms with Crippen LogP contribution in [0.3, 0.4) is 0 Å². The minimum atomic E-state index is -0.0747. The van der Waals surface area contributed by atoms with E-state index in [4.69, 9.17) is 0 Å². The van der Waals surface area contributed by atoms with Crippen molar-refractivity contribution in [2.24, 2.45) is 0 Å². The number of ketones is 2. The van der Waals surface area contributed by atoms with Crippen molar-refractivity contribution in [3.05, 3.63) is 93.5 Å². The Labute approximate surface area is 214 Å². The second-order valence-corrected chi connectivity index (χ2v) is 13.4. The molecule has 0 atom stereocenters.